The highest BCUT2D eigenvalue weighted by Gasteiger charge is 2.34. The Bertz CT molecular complexity index is 777. The van der Waals surface area contributed by atoms with Crippen molar-refractivity contribution < 1.29 is 9.21 Å². The molecular formula is C21H27N3O2S. The Labute approximate surface area is 164 Å². The summed E-state index contributed by atoms with van der Waals surface area (Å²) in [6.07, 6.45) is 1.19. The minimum atomic E-state index is -0.199. The number of rotatable bonds is 5. The first-order valence-electron chi connectivity index (χ1n) is 9.63. The van der Waals surface area contributed by atoms with Crippen LogP contribution < -0.4 is 5.73 Å². The quantitative estimate of drug-likeness (QED) is 0.856. The predicted molar refractivity (Wildman–Crippen MR) is 109 cm³/mol. The molecule has 2 aromatic rings. The lowest BCUT2D eigenvalue weighted by atomic mass is 9.99. The third-order valence-electron chi connectivity index (χ3n) is 5.54. The van der Waals surface area contributed by atoms with Gasteiger partial charge in [0.05, 0.1) is 18.0 Å². The molecule has 0 aliphatic carbocycles. The lowest BCUT2D eigenvalue weighted by molar-refractivity contribution is 0.0686. The van der Waals surface area contributed by atoms with Crippen molar-refractivity contribution in [1.29, 1.82) is 0 Å². The second-order valence-electron chi connectivity index (χ2n) is 7.58. The maximum absolute atomic E-state index is 12.9. The van der Waals surface area contributed by atoms with Gasteiger partial charge in [0.15, 0.2) is 5.76 Å². The summed E-state index contributed by atoms with van der Waals surface area (Å²) >= 11 is 1.82. The summed E-state index contributed by atoms with van der Waals surface area (Å²) in [6.45, 7) is 4.96. The molecule has 6 heteroatoms. The van der Waals surface area contributed by atoms with Crippen molar-refractivity contribution in [3.63, 3.8) is 0 Å². The standard InChI is InChI=1S/C21H27N3O2S/c1-15(22)19-7-8-20(26-19)21(25)24-14-27-13-18(24)12-23-10-9-17(11-23)16-5-3-2-4-6-16/h2-8,15,17-18H,9-14,22H2,1H3. The number of nitrogens with zero attached hydrogens (tertiary/aromatic N) is 2. The highest BCUT2D eigenvalue weighted by Crippen LogP contribution is 2.30. The number of hydrogen-bond acceptors (Lipinski definition) is 5. The largest absolute Gasteiger partial charge is 0.454 e. The third kappa shape index (κ3) is 4.08. The van der Waals surface area contributed by atoms with Crippen LogP contribution in [0.5, 0.6) is 0 Å². The number of carbonyl (C=O) groups is 1. The number of thioether (sulfide) groups is 1. The van der Waals surface area contributed by atoms with E-state index in [0.717, 1.165) is 31.3 Å². The number of hydrogen-bond donors (Lipinski definition) is 1. The molecule has 1 aromatic heterocycles. The summed E-state index contributed by atoms with van der Waals surface area (Å²) in [4.78, 5) is 17.4. The SMILES string of the molecule is CC(N)c1ccc(C(=O)N2CSCC2CN2CCC(c3ccccc3)C2)o1. The molecule has 0 radical (unpaired) electrons. The van der Waals surface area contributed by atoms with Crippen molar-refractivity contribution in [3.05, 3.63) is 59.5 Å². The fourth-order valence-electron chi connectivity index (χ4n) is 4.01. The van der Waals surface area contributed by atoms with E-state index in [0.29, 0.717) is 17.4 Å². The normalized spacial score (nSPS) is 24.4. The van der Waals surface area contributed by atoms with Crippen molar-refractivity contribution in [2.24, 2.45) is 5.73 Å². The molecule has 2 N–H and O–H groups in total. The maximum atomic E-state index is 12.9. The van der Waals surface area contributed by atoms with Crippen LogP contribution in [0.2, 0.25) is 0 Å². The molecule has 1 aromatic carbocycles. The number of amides is 1. The summed E-state index contributed by atoms with van der Waals surface area (Å²) in [5.41, 5.74) is 7.27. The molecule has 1 amide bonds. The van der Waals surface area contributed by atoms with Crippen LogP contribution in [0.25, 0.3) is 0 Å². The molecule has 144 valence electrons. The summed E-state index contributed by atoms with van der Waals surface area (Å²) in [6, 6.07) is 14.3. The van der Waals surface area contributed by atoms with Crippen molar-refractivity contribution in [2.75, 3.05) is 31.3 Å². The molecule has 27 heavy (non-hydrogen) atoms. The Kier molecular flexibility index (Phi) is 5.57. The zero-order chi connectivity index (χ0) is 18.8. The molecule has 0 spiro atoms. The van der Waals surface area contributed by atoms with Gasteiger partial charge in [-0.05, 0) is 43.5 Å². The van der Waals surface area contributed by atoms with Crippen LogP contribution in [-0.4, -0.2) is 53.0 Å². The molecule has 3 unspecified atom stereocenters. The average Bonchev–Trinajstić information content (AvgIpc) is 3.43. The first-order valence-corrected chi connectivity index (χ1v) is 10.8. The number of furan rings is 1. The van der Waals surface area contributed by atoms with Crippen molar-refractivity contribution in [2.45, 2.75) is 31.3 Å². The number of nitrogens with two attached hydrogens (primary N) is 1. The lowest BCUT2D eigenvalue weighted by Crippen LogP contribution is -2.43. The minimum Gasteiger partial charge on any atom is -0.454 e. The van der Waals surface area contributed by atoms with Crippen LogP contribution in [0.4, 0.5) is 0 Å². The van der Waals surface area contributed by atoms with E-state index in [9.17, 15) is 4.79 Å². The van der Waals surface area contributed by atoms with E-state index in [2.05, 4.69) is 35.2 Å². The molecule has 0 saturated carbocycles. The van der Waals surface area contributed by atoms with Crippen molar-refractivity contribution >= 4 is 17.7 Å². The second kappa shape index (κ2) is 8.09. The fourth-order valence-corrected chi connectivity index (χ4v) is 5.19. The highest BCUT2D eigenvalue weighted by atomic mass is 32.2. The van der Waals surface area contributed by atoms with Gasteiger partial charge in [0.25, 0.3) is 5.91 Å². The molecule has 4 rings (SSSR count). The third-order valence-corrected chi connectivity index (χ3v) is 6.62. The summed E-state index contributed by atoms with van der Waals surface area (Å²) < 4.78 is 5.67. The van der Waals surface area contributed by atoms with Crippen LogP contribution in [0, 0.1) is 0 Å². The Balaban J connectivity index is 1.38. The van der Waals surface area contributed by atoms with E-state index in [4.69, 9.17) is 10.2 Å². The zero-order valence-corrected chi connectivity index (χ0v) is 16.5. The molecule has 2 saturated heterocycles. The van der Waals surface area contributed by atoms with E-state index in [-0.39, 0.29) is 18.0 Å². The topological polar surface area (TPSA) is 62.7 Å². The van der Waals surface area contributed by atoms with E-state index in [1.165, 1.54) is 12.0 Å². The summed E-state index contributed by atoms with van der Waals surface area (Å²) in [5, 5.41) is 0. The monoisotopic (exact) mass is 385 g/mol. The Morgan fingerprint density at radius 1 is 1.30 bits per heavy atom. The minimum absolute atomic E-state index is 0.0179. The predicted octanol–water partition coefficient (Wildman–Crippen LogP) is 3.30. The molecule has 2 fully saturated rings. The fraction of sp³-hybridized carbons (Fsp3) is 0.476. The van der Waals surface area contributed by atoms with Gasteiger partial charge in [0.2, 0.25) is 0 Å². The first kappa shape index (κ1) is 18.6. The maximum Gasteiger partial charge on any atom is 0.290 e. The van der Waals surface area contributed by atoms with Crippen molar-refractivity contribution in [1.82, 2.24) is 9.80 Å². The molecule has 3 atom stereocenters. The number of benzene rings is 1. The molecule has 2 aliphatic rings. The van der Waals surface area contributed by atoms with Gasteiger partial charge >= 0.3 is 0 Å². The van der Waals surface area contributed by atoms with Gasteiger partial charge in [-0.2, -0.15) is 0 Å². The Morgan fingerprint density at radius 2 is 2.11 bits per heavy atom. The smallest absolute Gasteiger partial charge is 0.290 e. The Hall–Kier alpha value is -1.76. The highest BCUT2D eigenvalue weighted by molar-refractivity contribution is 7.99. The zero-order valence-electron chi connectivity index (χ0n) is 15.7. The van der Waals surface area contributed by atoms with Gasteiger partial charge in [-0.25, -0.2) is 0 Å². The van der Waals surface area contributed by atoms with Crippen LogP contribution in [0.15, 0.2) is 46.9 Å². The van der Waals surface area contributed by atoms with Gasteiger partial charge in [0.1, 0.15) is 5.76 Å². The van der Waals surface area contributed by atoms with E-state index >= 15 is 0 Å². The van der Waals surface area contributed by atoms with E-state index in [1.54, 1.807) is 12.1 Å². The van der Waals surface area contributed by atoms with Crippen molar-refractivity contribution in [3.8, 4) is 0 Å². The second-order valence-corrected chi connectivity index (χ2v) is 8.57. The Morgan fingerprint density at radius 3 is 2.85 bits per heavy atom. The van der Waals surface area contributed by atoms with Gasteiger partial charge < -0.3 is 20.0 Å². The van der Waals surface area contributed by atoms with E-state index < -0.39 is 0 Å². The molecule has 3 heterocycles. The molecule has 5 nitrogen and oxygen atoms in total. The van der Waals surface area contributed by atoms with Crippen LogP contribution in [-0.2, 0) is 0 Å². The summed E-state index contributed by atoms with van der Waals surface area (Å²) in [7, 11) is 0. The van der Waals surface area contributed by atoms with Gasteiger partial charge in [-0.1, -0.05) is 30.3 Å². The van der Waals surface area contributed by atoms with Gasteiger partial charge in [-0.15, -0.1) is 11.8 Å². The van der Waals surface area contributed by atoms with Crippen LogP contribution in [0.3, 0.4) is 0 Å². The van der Waals surface area contributed by atoms with Crippen LogP contribution in [0.1, 0.15) is 47.2 Å². The molecule has 2 aliphatic heterocycles. The number of carbonyl (C=O) groups excluding carboxylic acids is 1. The van der Waals surface area contributed by atoms with E-state index in [1.807, 2.05) is 23.6 Å². The summed E-state index contributed by atoms with van der Waals surface area (Å²) in [5.74, 6) is 3.36. The van der Waals surface area contributed by atoms with Gasteiger partial charge in [-0.3, -0.25) is 4.79 Å². The number of likely N-dealkylation sites (tertiary alicyclic amines) is 1. The average molecular weight is 386 g/mol. The molecular weight excluding hydrogens is 358 g/mol. The van der Waals surface area contributed by atoms with Gasteiger partial charge in [0, 0.05) is 18.8 Å². The molecule has 0 bridgehead atoms. The lowest BCUT2D eigenvalue weighted by Gasteiger charge is -2.27. The first-order chi connectivity index (χ1) is 13.1. The van der Waals surface area contributed by atoms with Crippen LogP contribution >= 0.6 is 11.8 Å².